The summed E-state index contributed by atoms with van der Waals surface area (Å²) in [6, 6.07) is 17.7. The van der Waals surface area contributed by atoms with Crippen LogP contribution >= 0.6 is 0 Å². The summed E-state index contributed by atoms with van der Waals surface area (Å²) < 4.78 is 71.4. The lowest BCUT2D eigenvalue weighted by molar-refractivity contribution is -0.140. The van der Waals surface area contributed by atoms with Crippen LogP contribution in [0.25, 0.3) is 5.76 Å². The van der Waals surface area contributed by atoms with Gasteiger partial charge in [-0.15, -0.1) is 0 Å². The standard InChI is InChI=1S/C45H55FN4O9SSi/c1-44(2,3)61(8,9)59-45-31(37(50(5)6)40-34(42(45)53)43(48-58-40)57-25-27-18-14-11-15-19-27)23-28-22-30-33(38(51)32(28)41(45)52)39(56-24-26-16-12-10-13-17-26)36(49-60(7,54)55)29(35(30)46)20-21-47-4/h10-19,28,31,37,47,49,51H,20-25H2,1-9H3/t28-,31-,37-,45-/m0/s1. The molecule has 16 heteroatoms. The monoisotopic (exact) mass is 874 g/mol. The van der Waals surface area contributed by atoms with Gasteiger partial charge in [-0.2, -0.15) is 0 Å². The van der Waals surface area contributed by atoms with Gasteiger partial charge in [0.25, 0.3) is 5.88 Å². The van der Waals surface area contributed by atoms with Gasteiger partial charge in [0.05, 0.1) is 23.5 Å². The summed E-state index contributed by atoms with van der Waals surface area (Å²) in [5, 5.41) is 19.4. The van der Waals surface area contributed by atoms with E-state index in [1.54, 1.807) is 7.05 Å². The molecule has 0 unspecified atom stereocenters. The maximum absolute atomic E-state index is 17.3. The van der Waals surface area contributed by atoms with Crippen molar-refractivity contribution in [3.05, 3.63) is 111 Å². The summed E-state index contributed by atoms with van der Waals surface area (Å²) in [6.45, 7) is 10.2. The van der Waals surface area contributed by atoms with Gasteiger partial charge < -0.3 is 28.8 Å². The predicted octanol–water partition coefficient (Wildman–Crippen LogP) is 7.40. The van der Waals surface area contributed by atoms with Crippen LogP contribution in [0.5, 0.6) is 11.6 Å². The number of rotatable bonds is 14. The molecule has 0 amide bonds. The first-order valence-electron chi connectivity index (χ1n) is 20.4. The number of anilines is 1. The normalized spacial score (nSPS) is 21.5. The number of aromatic nitrogens is 1. The highest BCUT2D eigenvalue weighted by Gasteiger charge is 2.69. The Labute approximate surface area is 357 Å². The number of aliphatic hydroxyl groups is 1. The zero-order chi connectivity index (χ0) is 44.2. The van der Waals surface area contributed by atoms with Gasteiger partial charge in [-0.3, -0.25) is 19.2 Å². The van der Waals surface area contributed by atoms with E-state index in [1.165, 1.54) is 0 Å². The molecule has 326 valence electrons. The first kappa shape index (κ1) is 44.2. The number of carbonyl (C=O) groups is 2. The number of benzene rings is 3. The number of Topliss-reactive ketones (excluding diaryl/α,β-unsaturated/α-hetero) is 2. The third-order valence-electron chi connectivity index (χ3n) is 12.6. The molecular weight excluding hydrogens is 820 g/mol. The van der Waals surface area contributed by atoms with Crippen LogP contribution in [0.3, 0.4) is 0 Å². The summed E-state index contributed by atoms with van der Waals surface area (Å²) in [7, 11) is -1.74. The van der Waals surface area contributed by atoms with Crippen LogP contribution in [0, 0.1) is 17.7 Å². The van der Waals surface area contributed by atoms with Gasteiger partial charge in [0.1, 0.15) is 30.4 Å². The van der Waals surface area contributed by atoms with Gasteiger partial charge in [-0.25, -0.2) is 12.8 Å². The number of hydrogen-bond acceptors (Lipinski definition) is 12. The average Bonchev–Trinajstić information content (AvgIpc) is 3.61. The molecule has 1 heterocycles. The molecule has 1 aromatic heterocycles. The molecule has 0 bridgehead atoms. The number of nitrogens with one attached hydrogen (secondary N) is 2. The Morgan fingerprint density at radius 1 is 0.984 bits per heavy atom. The van der Waals surface area contributed by atoms with Gasteiger partial charge in [0, 0.05) is 22.6 Å². The number of fused-ring (bicyclic) bond motifs is 4. The highest BCUT2D eigenvalue weighted by molar-refractivity contribution is 7.92. The van der Waals surface area contributed by atoms with Crippen LogP contribution in [-0.4, -0.2) is 83.0 Å². The quantitative estimate of drug-likeness (QED) is 0.0850. The Morgan fingerprint density at radius 3 is 2.15 bits per heavy atom. The molecule has 0 aliphatic heterocycles. The van der Waals surface area contributed by atoms with E-state index < -0.39 is 70.0 Å². The van der Waals surface area contributed by atoms with Gasteiger partial charge >= 0.3 is 0 Å². The Morgan fingerprint density at radius 2 is 1.59 bits per heavy atom. The van der Waals surface area contributed by atoms with Crippen molar-refractivity contribution in [1.29, 1.82) is 0 Å². The van der Waals surface area contributed by atoms with Crippen molar-refractivity contribution in [2.45, 2.75) is 83.0 Å². The number of carbonyl (C=O) groups excluding carboxylic acids is 2. The number of aliphatic hydroxyl groups excluding tert-OH is 1. The molecule has 1 saturated carbocycles. The number of nitrogens with zero attached hydrogens (tertiary/aromatic N) is 2. The molecule has 61 heavy (non-hydrogen) atoms. The number of hydrogen-bond donors (Lipinski definition) is 3. The minimum Gasteiger partial charge on any atom is -0.507 e. The molecule has 3 N–H and O–H groups in total. The molecule has 3 aliphatic rings. The second-order valence-corrected chi connectivity index (χ2v) is 24.5. The Kier molecular flexibility index (Phi) is 11.9. The molecule has 13 nitrogen and oxygen atoms in total. The molecule has 0 radical (unpaired) electrons. The van der Waals surface area contributed by atoms with Crippen LogP contribution in [0.15, 0.2) is 70.8 Å². The fraction of sp³-hybridized carbons (Fsp3) is 0.444. The van der Waals surface area contributed by atoms with E-state index in [-0.39, 0.29) is 83.4 Å². The highest BCUT2D eigenvalue weighted by Crippen LogP contribution is 2.60. The molecule has 3 aromatic carbocycles. The van der Waals surface area contributed by atoms with E-state index in [0.29, 0.717) is 6.54 Å². The SMILES string of the molecule is CNCCc1c(F)c2c(c(OCc3ccccc3)c1NS(C)(=O)=O)C(O)=C1C(=O)[C@]3(O[Si](C)(C)C(C)(C)C)C(=O)c4c(OCc5ccccc5)noc4[C@@H](N(C)C)[C@@H]3C[C@@H]1C2. The van der Waals surface area contributed by atoms with E-state index in [2.05, 4.69) is 15.2 Å². The second kappa shape index (κ2) is 16.4. The summed E-state index contributed by atoms with van der Waals surface area (Å²) in [6.07, 6.45) is 1.07. The smallest absolute Gasteiger partial charge is 0.265 e. The predicted molar refractivity (Wildman–Crippen MR) is 232 cm³/mol. The summed E-state index contributed by atoms with van der Waals surface area (Å²) >= 11 is 0. The van der Waals surface area contributed by atoms with Crippen LogP contribution in [0.1, 0.15) is 77.2 Å². The zero-order valence-electron chi connectivity index (χ0n) is 36.1. The van der Waals surface area contributed by atoms with Crippen LogP contribution in [0.2, 0.25) is 18.1 Å². The third kappa shape index (κ3) is 7.92. The molecule has 0 spiro atoms. The number of ketones is 2. The van der Waals surface area contributed by atoms with Crippen LogP contribution in [-0.2, 0) is 45.3 Å². The first-order chi connectivity index (χ1) is 28.7. The zero-order valence-corrected chi connectivity index (χ0v) is 38.0. The minimum absolute atomic E-state index is 0.0144. The lowest BCUT2D eigenvalue weighted by atomic mass is 9.57. The summed E-state index contributed by atoms with van der Waals surface area (Å²) in [4.78, 5) is 33.4. The lowest BCUT2D eigenvalue weighted by Crippen LogP contribution is -2.68. The summed E-state index contributed by atoms with van der Waals surface area (Å²) in [5.74, 6) is -4.41. The largest absolute Gasteiger partial charge is 0.507 e. The fourth-order valence-electron chi connectivity index (χ4n) is 8.74. The Balaban J connectivity index is 1.47. The first-order valence-corrected chi connectivity index (χ1v) is 25.2. The van der Waals surface area contributed by atoms with Crippen LogP contribution in [0.4, 0.5) is 10.1 Å². The van der Waals surface area contributed by atoms with Gasteiger partial charge in [-0.05, 0) is 87.3 Å². The lowest BCUT2D eigenvalue weighted by Gasteiger charge is -2.55. The number of ether oxygens (including phenoxy) is 2. The molecule has 4 atom stereocenters. The van der Waals surface area contributed by atoms with Crippen molar-refractivity contribution in [2.75, 3.05) is 38.7 Å². The Hall–Kier alpha value is -4.87. The van der Waals surface area contributed by atoms with Crippen molar-refractivity contribution in [2.24, 2.45) is 11.8 Å². The number of likely N-dealkylation sites (N-methyl/N-ethyl adjacent to an activating group) is 1. The van der Waals surface area contributed by atoms with Gasteiger partial charge in [-0.1, -0.05) is 81.4 Å². The maximum Gasteiger partial charge on any atom is 0.265 e. The fourth-order valence-corrected chi connectivity index (χ4v) is 10.8. The van der Waals surface area contributed by atoms with Crippen molar-refractivity contribution in [3.8, 4) is 11.6 Å². The number of halogens is 1. The van der Waals surface area contributed by atoms with E-state index >= 15 is 14.0 Å². The molecule has 1 fully saturated rings. The van der Waals surface area contributed by atoms with Crippen molar-refractivity contribution in [1.82, 2.24) is 15.4 Å². The van der Waals surface area contributed by atoms with E-state index in [9.17, 15) is 13.5 Å². The highest BCUT2D eigenvalue weighted by atomic mass is 32.2. The average molecular weight is 875 g/mol. The molecule has 0 saturated heterocycles. The van der Waals surface area contributed by atoms with Gasteiger partial charge in [0.2, 0.25) is 21.6 Å². The molecule has 4 aromatic rings. The minimum atomic E-state index is -4.03. The van der Waals surface area contributed by atoms with E-state index in [1.807, 2.05) is 114 Å². The summed E-state index contributed by atoms with van der Waals surface area (Å²) in [5.41, 5.74) is -0.994. The maximum atomic E-state index is 17.3. The van der Waals surface area contributed by atoms with E-state index in [4.69, 9.17) is 18.4 Å². The van der Waals surface area contributed by atoms with Crippen molar-refractivity contribution < 1.29 is 45.9 Å². The molecule has 7 rings (SSSR count). The van der Waals surface area contributed by atoms with Crippen molar-refractivity contribution >= 4 is 41.4 Å². The van der Waals surface area contributed by atoms with E-state index in [0.717, 1.165) is 17.4 Å². The molecular formula is C45H55FN4O9SSi. The second-order valence-electron chi connectivity index (χ2n) is 18.0. The molecule has 3 aliphatic carbocycles. The van der Waals surface area contributed by atoms with Crippen LogP contribution < -0.4 is 19.5 Å². The van der Waals surface area contributed by atoms with Crippen molar-refractivity contribution in [3.63, 3.8) is 0 Å². The number of sulfonamides is 1. The third-order valence-corrected chi connectivity index (χ3v) is 17.6. The van der Waals surface area contributed by atoms with Gasteiger partial charge in [0.15, 0.2) is 25.4 Å². The topological polar surface area (TPSA) is 170 Å². The Bertz CT molecular complexity index is 2490.